The monoisotopic (exact) mass is 284 g/mol. The maximum atomic E-state index is 12.5. The van der Waals surface area contributed by atoms with Gasteiger partial charge < -0.3 is 10.6 Å². The van der Waals surface area contributed by atoms with Gasteiger partial charge in [0, 0.05) is 25.0 Å². The molecule has 0 aliphatic carbocycles. The van der Waals surface area contributed by atoms with Crippen LogP contribution in [-0.2, 0) is 0 Å². The lowest BCUT2D eigenvalue weighted by molar-refractivity contribution is 0.0772. The molecule has 1 saturated heterocycles. The normalized spacial score (nSPS) is 17.1. The molecule has 2 N–H and O–H groups in total. The summed E-state index contributed by atoms with van der Waals surface area (Å²) in [4.78, 5) is 14.4. The van der Waals surface area contributed by atoms with Crippen molar-refractivity contribution in [2.45, 2.75) is 20.3 Å². The van der Waals surface area contributed by atoms with E-state index in [1.165, 1.54) is 0 Å². The standard InChI is InChI=1S/C16H20N4O/c1-16(2)7-9-19(11-16)15(21)14-6-8-20(18-14)13-5-3-4-12(17)10-13/h3-6,8,10H,7,9,11,17H2,1-2H3. The second kappa shape index (κ2) is 4.91. The van der Waals surface area contributed by atoms with Crippen LogP contribution in [0.5, 0.6) is 0 Å². The topological polar surface area (TPSA) is 64.2 Å². The Balaban J connectivity index is 1.81. The number of carbonyl (C=O) groups is 1. The van der Waals surface area contributed by atoms with Crippen molar-refractivity contribution >= 4 is 11.6 Å². The molecule has 1 aliphatic heterocycles. The van der Waals surface area contributed by atoms with Gasteiger partial charge in [0.15, 0.2) is 5.69 Å². The number of carbonyl (C=O) groups excluding carboxylic acids is 1. The Hall–Kier alpha value is -2.30. The van der Waals surface area contributed by atoms with E-state index in [1.807, 2.05) is 29.2 Å². The molecule has 1 amide bonds. The number of likely N-dealkylation sites (tertiary alicyclic amines) is 1. The molecule has 0 spiro atoms. The highest BCUT2D eigenvalue weighted by atomic mass is 16.2. The molecule has 0 unspecified atom stereocenters. The van der Waals surface area contributed by atoms with Gasteiger partial charge in [-0.3, -0.25) is 4.79 Å². The van der Waals surface area contributed by atoms with Gasteiger partial charge in [-0.25, -0.2) is 4.68 Å². The first-order chi connectivity index (χ1) is 9.94. The molecule has 1 fully saturated rings. The summed E-state index contributed by atoms with van der Waals surface area (Å²) in [6, 6.07) is 9.20. The number of rotatable bonds is 2. The summed E-state index contributed by atoms with van der Waals surface area (Å²) in [6.45, 7) is 5.96. The Morgan fingerprint density at radius 3 is 2.81 bits per heavy atom. The van der Waals surface area contributed by atoms with Crippen LogP contribution in [0.2, 0.25) is 0 Å². The summed E-state index contributed by atoms with van der Waals surface area (Å²) in [6.07, 6.45) is 2.83. The number of hydrogen-bond donors (Lipinski definition) is 1. The van der Waals surface area contributed by atoms with Crippen LogP contribution >= 0.6 is 0 Å². The molecule has 110 valence electrons. The molecule has 1 aromatic heterocycles. The summed E-state index contributed by atoms with van der Waals surface area (Å²) in [5, 5.41) is 4.38. The molecule has 0 bridgehead atoms. The predicted octanol–water partition coefficient (Wildman–Crippen LogP) is 2.33. The van der Waals surface area contributed by atoms with E-state index in [9.17, 15) is 4.79 Å². The lowest BCUT2D eigenvalue weighted by atomic mass is 9.93. The van der Waals surface area contributed by atoms with E-state index in [4.69, 9.17) is 5.73 Å². The number of anilines is 1. The molecule has 21 heavy (non-hydrogen) atoms. The van der Waals surface area contributed by atoms with Gasteiger partial charge in [0.05, 0.1) is 5.69 Å². The Morgan fingerprint density at radius 1 is 1.33 bits per heavy atom. The van der Waals surface area contributed by atoms with Crippen molar-refractivity contribution in [2.75, 3.05) is 18.8 Å². The fraction of sp³-hybridized carbons (Fsp3) is 0.375. The van der Waals surface area contributed by atoms with Crippen molar-refractivity contribution in [1.82, 2.24) is 14.7 Å². The van der Waals surface area contributed by atoms with Gasteiger partial charge in [0.25, 0.3) is 5.91 Å². The summed E-state index contributed by atoms with van der Waals surface area (Å²) in [7, 11) is 0. The van der Waals surface area contributed by atoms with E-state index in [1.54, 1.807) is 16.9 Å². The van der Waals surface area contributed by atoms with Crippen molar-refractivity contribution in [2.24, 2.45) is 5.41 Å². The zero-order valence-electron chi connectivity index (χ0n) is 12.4. The molecular formula is C16H20N4O. The largest absolute Gasteiger partial charge is 0.399 e. The van der Waals surface area contributed by atoms with Crippen molar-refractivity contribution in [1.29, 1.82) is 0 Å². The average Bonchev–Trinajstić information content (AvgIpc) is 3.04. The Kier molecular flexibility index (Phi) is 3.20. The molecule has 5 nitrogen and oxygen atoms in total. The third-order valence-electron chi connectivity index (χ3n) is 3.91. The number of nitrogens with two attached hydrogens (primary N) is 1. The molecule has 0 atom stereocenters. The number of benzene rings is 1. The smallest absolute Gasteiger partial charge is 0.274 e. The molecule has 5 heteroatoms. The van der Waals surface area contributed by atoms with Crippen LogP contribution in [0.4, 0.5) is 5.69 Å². The zero-order chi connectivity index (χ0) is 15.0. The first kappa shape index (κ1) is 13.7. The van der Waals surface area contributed by atoms with Gasteiger partial charge in [0.1, 0.15) is 0 Å². The van der Waals surface area contributed by atoms with Crippen molar-refractivity contribution in [3.8, 4) is 5.69 Å². The lowest BCUT2D eigenvalue weighted by Gasteiger charge is -2.18. The Bertz CT molecular complexity index is 674. The van der Waals surface area contributed by atoms with Gasteiger partial charge in [-0.05, 0) is 36.1 Å². The molecule has 1 aliphatic rings. The lowest BCUT2D eigenvalue weighted by Crippen LogP contribution is -2.30. The highest BCUT2D eigenvalue weighted by Crippen LogP contribution is 2.29. The molecular weight excluding hydrogens is 264 g/mol. The van der Waals surface area contributed by atoms with Crippen LogP contribution in [0.3, 0.4) is 0 Å². The van der Waals surface area contributed by atoms with Crippen LogP contribution in [-0.4, -0.2) is 33.7 Å². The van der Waals surface area contributed by atoms with E-state index in [0.29, 0.717) is 11.4 Å². The SMILES string of the molecule is CC1(C)CCN(C(=O)c2ccn(-c3cccc(N)c3)n2)C1. The van der Waals surface area contributed by atoms with E-state index >= 15 is 0 Å². The zero-order valence-corrected chi connectivity index (χ0v) is 12.4. The fourth-order valence-electron chi connectivity index (χ4n) is 2.70. The van der Waals surface area contributed by atoms with E-state index in [0.717, 1.165) is 25.2 Å². The van der Waals surface area contributed by atoms with Crippen LogP contribution in [0.15, 0.2) is 36.5 Å². The van der Waals surface area contributed by atoms with Gasteiger partial charge in [-0.1, -0.05) is 19.9 Å². The number of nitrogens with zero attached hydrogens (tertiary/aromatic N) is 3. The van der Waals surface area contributed by atoms with Crippen LogP contribution in [0, 0.1) is 5.41 Å². The van der Waals surface area contributed by atoms with E-state index in [2.05, 4.69) is 18.9 Å². The molecule has 2 heterocycles. The van der Waals surface area contributed by atoms with Gasteiger partial charge in [-0.2, -0.15) is 5.10 Å². The first-order valence-electron chi connectivity index (χ1n) is 7.15. The summed E-state index contributed by atoms with van der Waals surface area (Å²) < 4.78 is 1.69. The molecule has 2 aromatic rings. The number of nitrogen functional groups attached to an aromatic ring is 1. The second-order valence-electron chi connectivity index (χ2n) is 6.38. The fourth-order valence-corrected chi connectivity index (χ4v) is 2.70. The van der Waals surface area contributed by atoms with Crippen molar-refractivity contribution in [3.05, 3.63) is 42.2 Å². The van der Waals surface area contributed by atoms with E-state index in [-0.39, 0.29) is 11.3 Å². The van der Waals surface area contributed by atoms with Gasteiger partial charge >= 0.3 is 0 Å². The minimum atomic E-state index is 0.00299. The van der Waals surface area contributed by atoms with Crippen LogP contribution in [0.25, 0.3) is 5.69 Å². The summed E-state index contributed by atoms with van der Waals surface area (Å²) >= 11 is 0. The molecule has 0 radical (unpaired) electrons. The van der Waals surface area contributed by atoms with Gasteiger partial charge in [0.2, 0.25) is 0 Å². The van der Waals surface area contributed by atoms with Gasteiger partial charge in [-0.15, -0.1) is 0 Å². The quantitative estimate of drug-likeness (QED) is 0.861. The number of amides is 1. The summed E-state index contributed by atoms with van der Waals surface area (Å²) in [5.74, 6) is 0.00299. The highest BCUT2D eigenvalue weighted by Gasteiger charge is 2.33. The minimum absolute atomic E-state index is 0.00299. The first-order valence-corrected chi connectivity index (χ1v) is 7.15. The number of hydrogen-bond acceptors (Lipinski definition) is 3. The highest BCUT2D eigenvalue weighted by molar-refractivity contribution is 5.92. The average molecular weight is 284 g/mol. The van der Waals surface area contributed by atoms with E-state index < -0.39 is 0 Å². The maximum Gasteiger partial charge on any atom is 0.274 e. The molecule has 0 saturated carbocycles. The van der Waals surface area contributed by atoms with Crippen LogP contribution in [0.1, 0.15) is 30.8 Å². The second-order valence-corrected chi connectivity index (χ2v) is 6.38. The molecule has 1 aromatic carbocycles. The number of aromatic nitrogens is 2. The Labute approximate surface area is 124 Å². The maximum absolute atomic E-state index is 12.5. The van der Waals surface area contributed by atoms with Crippen molar-refractivity contribution < 1.29 is 4.79 Å². The Morgan fingerprint density at radius 2 is 2.14 bits per heavy atom. The predicted molar refractivity (Wildman–Crippen MR) is 82.3 cm³/mol. The summed E-state index contributed by atoms with van der Waals surface area (Å²) in [5.41, 5.74) is 7.99. The molecule has 3 rings (SSSR count). The third kappa shape index (κ3) is 2.77. The minimum Gasteiger partial charge on any atom is -0.399 e. The van der Waals surface area contributed by atoms with Crippen molar-refractivity contribution in [3.63, 3.8) is 0 Å². The third-order valence-corrected chi connectivity index (χ3v) is 3.91. The van der Waals surface area contributed by atoms with Crippen LogP contribution < -0.4 is 5.73 Å².